The van der Waals surface area contributed by atoms with E-state index in [1.165, 1.54) is 18.3 Å². The van der Waals surface area contributed by atoms with Gasteiger partial charge in [0.25, 0.3) is 0 Å². The van der Waals surface area contributed by atoms with Gasteiger partial charge in [-0.25, -0.2) is 14.2 Å². The van der Waals surface area contributed by atoms with Gasteiger partial charge in [0, 0.05) is 4.90 Å². The lowest BCUT2D eigenvalue weighted by molar-refractivity contribution is 0.0521. The summed E-state index contributed by atoms with van der Waals surface area (Å²) >= 11 is 1.06. The van der Waals surface area contributed by atoms with E-state index in [0.717, 1.165) is 11.8 Å². The lowest BCUT2D eigenvalue weighted by Gasteiger charge is -2.08. The number of nitrogens with two attached hydrogens (primary N) is 1. The number of ether oxygens (including phenoxy) is 1. The Bertz CT molecular complexity index is 634. The highest BCUT2D eigenvalue weighted by Gasteiger charge is 2.16. The second-order valence-corrected chi connectivity index (χ2v) is 4.90. The van der Waals surface area contributed by atoms with Crippen molar-refractivity contribution in [2.45, 2.75) is 16.8 Å². The first kappa shape index (κ1) is 14.3. The second kappa shape index (κ2) is 6.38. The quantitative estimate of drug-likeness (QED) is 0.877. The van der Waals surface area contributed by atoms with Crippen molar-refractivity contribution < 1.29 is 13.9 Å². The van der Waals surface area contributed by atoms with Gasteiger partial charge >= 0.3 is 5.97 Å². The Labute approximate surface area is 120 Å². The predicted octanol–water partition coefficient (Wildman–Crippen LogP) is 3.13. The molecule has 0 radical (unpaired) electrons. The van der Waals surface area contributed by atoms with Crippen LogP contribution in [0.15, 0.2) is 46.5 Å². The minimum absolute atomic E-state index is 0.236. The number of nitrogens with zero attached hydrogens (tertiary/aromatic N) is 1. The zero-order valence-electron chi connectivity index (χ0n) is 10.8. The monoisotopic (exact) mass is 292 g/mol. The van der Waals surface area contributed by atoms with Crippen molar-refractivity contribution in [3.63, 3.8) is 0 Å². The van der Waals surface area contributed by atoms with Crippen molar-refractivity contribution in [3.8, 4) is 0 Å². The van der Waals surface area contributed by atoms with Crippen molar-refractivity contribution in [2.24, 2.45) is 0 Å². The van der Waals surface area contributed by atoms with Crippen LogP contribution in [0.3, 0.4) is 0 Å². The van der Waals surface area contributed by atoms with E-state index in [4.69, 9.17) is 10.5 Å². The Morgan fingerprint density at radius 1 is 1.45 bits per heavy atom. The van der Waals surface area contributed by atoms with Gasteiger partial charge in [0.2, 0.25) is 0 Å². The molecule has 0 saturated carbocycles. The Kier molecular flexibility index (Phi) is 4.57. The molecule has 0 fully saturated rings. The van der Waals surface area contributed by atoms with Crippen molar-refractivity contribution >= 4 is 23.4 Å². The number of benzene rings is 1. The van der Waals surface area contributed by atoms with Crippen LogP contribution in [-0.2, 0) is 4.74 Å². The van der Waals surface area contributed by atoms with E-state index in [-0.39, 0.29) is 18.0 Å². The van der Waals surface area contributed by atoms with Gasteiger partial charge in [-0.3, -0.25) is 0 Å². The van der Waals surface area contributed by atoms with Crippen LogP contribution < -0.4 is 5.73 Å². The number of nitrogen functional groups attached to an aromatic ring is 1. The molecule has 2 N–H and O–H groups in total. The molecular formula is C14H13FN2O2S. The summed E-state index contributed by atoms with van der Waals surface area (Å²) in [6.45, 7) is 1.96. The normalized spacial score (nSPS) is 10.3. The zero-order valence-corrected chi connectivity index (χ0v) is 11.6. The molecule has 4 nitrogen and oxygen atoms in total. The highest BCUT2D eigenvalue weighted by Crippen LogP contribution is 2.31. The molecule has 2 aromatic rings. The molecule has 1 heterocycles. The molecule has 1 aromatic carbocycles. The smallest absolute Gasteiger partial charge is 0.340 e. The summed E-state index contributed by atoms with van der Waals surface area (Å²) < 4.78 is 18.6. The van der Waals surface area contributed by atoms with E-state index < -0.39 is 5.97 Å². The number of carbonyl (C=O) groups excluding carboxylic acids is 1. The van der Waals surface area contributed by atoms with E-state index in [9.17, 15) is 9.18 Å². The largest absolute Gasteiger partial charge is 0.462 e. The molecule has 0 aliphatic heterocycles. The highest BCUT2D eigenvalue weighted by atomic mass is 32.2. The van der Waals surface area contributed by atoms with Gasteiger partial charge in [-0.05, 0) is 25.1 Å². The predicted molar refractivity (Wildman–Crippen MR) is 75.1 cm³/mol. The molecule has 1 aromatic heterocycles. The minimum Gasteiger partial charge on any atom is -0.462 e. The Balaban J connectivity index is 2.36. The van der Waals surface area contributed by atoms with Gasteiger partial charge in [0.05, 0.1) is 24.1 Å². The van der Waals surface area contributed by atoms with Crippen molar-refractivity contribution in [3.05, 3.63) is 47.9 Å². The number of hydrogen-bond acceptors (Lipinski definition) is 5. The molecule has 0 aliphatic rings. The van der Waals surface area contributed by atoms with E-state index in [1.807, 2.05) is 0 Å². The van der Waals surface area contributed by atoms with Gasteiger partial charge in [-0.2, -0.15) is 0 Å². The van der Waals surface area contributed by atoms with E-state index in [0.29, 0.717) is 15.6 Å². The third kappa shape index (κ3) is 3.27. The second-order valence-electron chi connectivity index (χ2n) is 3.87. The average Bonchev–Trinajstić information content (AvgIpc) is 2.43. The topological polar surface area (TPSA) is 65.2 Å². The molecule has 104 valence electrons. The zero-order chi connectivity index (χ0) is 14.5. The number of esters is 1. The Morgan fingerprint density at radius 3 is 2.90 bits per heavy atom. The fourth-order valence-corrected chi connectivity index (χ4v) is 2.41. The molecular weight excluding hydrogens is 279 g/mol. The number of halogens is 1. The van der Waals surface area contributed by atoms with E-state index >= 15 is 0 Å². The van der Waals surface area contributed by atoms with Crippen LogP contribution in [0, 0.1) is 5.82 Å². The van der Waals surface area contributed by atoms with E-state index in [2.05, 4.69) is 4.98 Å². The molecule has 0 saturated heterocycles. The number of anilines is 1. The molecule has 2 rings (SSSR count). The maximum atomic E-state index is 13.6. The molecule has 20 heavy (non-hydrogen) atoms. The Hall–Kier alpha value is -2.08. The molecule has 0 aliphatic carbocycles. The van der Waals surface area contributed by atoms with Crippen LogP contribution in [0.2, 0.25) is 0 Å². The third-order valence-electron chi connectivity index (χ3n) is 2.41. The number of hydrogen-bond donors (Lipinski definition) is 1. The maximum absolute atomic E-state index is 13.6. The fraction of sp³-hybridized carbons (Fsp3) is 0.143. The van der Waals surface area contributed by atoms with Crippen LogP contribution in [0.5, 0.6) is 0 Å². The van der Waals surface area contributed by atoms with Crippen molar-refractivity contribution in [2.75, 3.05) is 12.3 Å². The van der Waals surface area contributed by atoms with Crippen LogP contribution in [0.25, 0.3) is 0 Å². The highest BCUT2D eigenvalue weighted by molar-refractivity contribution is 7.99. The summed E-state index contributed by atoms with van der Waals surface area (Å²) in [5, 5.41) is 0.364. The molecule has 0 spiro atoms. The fourth-order valence-electron chi connectivity index (χ4n) is 1.54. The van der Waals surface area contributed by atoms with Crippen LogP contribution in [0.1, 0.15) is 17.3 Å². The van der Waals surface area contributed by atoms with E-state index in [1.54, 1.807) is 25.1 Å². The van der Waals surface area contributed by atoms with Crippen molar-refractivity contribution in [1.82, 2.24) is 4.98 Å². The van der Waals surface area contributed by atoms with Gasteiger partial charge < -0.3 is 10.5 Å². The van der Waals surface area contributed by atoms with Crippen LogP contribution in [-0.4, -0.2) is 17.6 Å². The third-order valence-corrected chi connectivity index (χ3v) is 3.48. The summed E-state index contributed by atoms with van der Waals surface area (Å²) in [5.74, 6) is -0.892. The van der Waals surface area contributed by atoms with Crippen LogP contribution >= 0.6 is 11.8 Å². The number of carbonyl (C=O) groups is 1. The molecule has 0 amide bonds. The van der Waals surface area contributed by atoms with Gasteiger partial charge in [0.15, 0.2) is 0 Å². The lowest BCUT2D eigenvalue weighted by atomic mass is 10.2. The average molecular weight is 292 g/mol. The van der Waals surface area contributed by atoms with Gasteiger partial charge in [0.1, 0.15) is 10.8 Å². The summed E-state index contributed by atoms with van der Waals surface area (Å²) in [6.07, 6.45) is 1.42. The molecule has 0 unspecified atom stereocenters. The summed E-state index contributed by atoms with van der Waals surface area (Å²) in [7, 11) is 0. The number of rotatable bonds is 4. The standard InChI is InChI=1S/C14H13FN2O2S/c1-2-19-14(18)10-7-9(16)8-17-13(10)20-12-6-4-3-5-11(12)15/h3-8H,2,16H2,1H3. The summed E-state index contributed by atoms with van der Waals surface area (Å²) in [4.78, 5) is 16.3. The maximum Gasteiger partial charge on any atom is 0.340 e. The summed E-state index contributed by atoms with van der Waals surface area (Å²) in [5.41, 5.74) is 6.22. The molecule has 0 bridgehead atoms. The van der Waals surface area contributed by atoms with Crippen molar-refractivity contribution in [1.29, 1.82) is 0 Å². The van der Waals surface area contributed by atoms with Gasteiger partial charge in [-0.15, -0.1) is 0 Å². The number of pyridine rings is 1. The Morgan fingerprint density at radius 2 is 2.20 bits per heavy atom. The SMILES string of the molecule is CCOC(=O)c1cc(N)cnc1Sc1ccccc1F. The molecule has 6 heteroatoms. The van der Waals surface area contributed by atoms with Crippen LogP contribution in [0.4, 0.5) is 10.1 Å². The molecule has 0 atom stereocenters. The number of aromatic nitrogens is 1. The first-order valence-corrected chi connectivity index (χ1v) is 6.78. The lowest BCUT2D eigenvalue weighted by Crippen LogP contribution is -2.08. The minimum atomic E-state index is -0.522. The first-order chi connectivity index (χ1) is 9.61. The van der Waals surface area contributed by atoms with Gasteiger partial charge in [-0.1, -0.05) is 23.9 Å². The summed E-state index contributed by atoms with van der Waals surface area (Å²) in [6, 6.07) is 7.76. The first-order valence-electron chi connectivity index (χ1n) is 5.97.